The zero-order chi connectivity index (χ0) is 19.0. The third-order valence-electron chi connectivity index (χ3n) is 4.97. The van der Waals surface area contributed by atoms with Crippen molar-refractivity contribution < 1.29 is 4.79 Å². The van der Waals surface area contributed by atoms with Gasteiger partial charge in [0.15, 0.2) is 0 Å². The number of nitrogens with one attached hydrogen (secondary N) is 1. The van der Waals surface area contributed by atoms with Crippen LogP contribution in [-0.2, 0) is 20.0 Å². The lowest BCUT2D eigenvalue weighted by atomic mass is 10.1. The molecule has 138 valence electrons. The molecule has 5 nitrogen and oxygen atoms in total. The maximum Gasteiger partial charge on any atom is 0.272 e. The van der Waals surface area contributed by atoms with E-state index in [1.165, 1.54) is 5.56 Å². The molecule has 0 aliphatic heterocycles. The molecule has 4 rings (SSSR count). The number of thiophene rings is 1. The van der Waals surface area contributed by atoms with Gasteiger partial charge in [0.1, 0.15) is 5.69 Å². The summed E-state index contributed by atoms with van der Waals surface area (Å²) in [6.07, 6.45) is 0.881. The fourth-order valence-electron chi connectivity index (χ4n) is 3.42. The molecule has 0 radical (unpaired) electrons. The number of amides is 1. The molecule has 0 bridgehead atoms. The van der Waals surface area contributed by atoms with E-state index < -0.39 is 0 Å². The van der Waals surface area contributed by atoms with Crippen molar-refractivity contribution in [3.05, 3.63) is 70.5 Å². The van der Waals surface area contributed by atoms with Crippen LogP contribution in [0.25, 0.3) is 10.2 Å². The molecular formula is C21H22N4OS. The monoisotopic (exact) mass is 378 g/mol. The molecule has 1 aromatic carbocycles. The largest absolute Gasteiger partial charge is 0.335 e. The molecule has 0 saturated heterocycles. The van der Waals surface area contributed by atoms with E-state index in [9.17, 15) is 4.79 Å². The number of hydrogen-bond donors (Lipinski definition) is 1. The Morgan fingerprint density at radius 1 is 1.19 bits per heavy atom. The lowest BCUT2D eigenvalue weighted by Crippen LogP contribution is -2.18. The number of carbonyl (C=O) groups is 1. The summed E-state index contributed by atoms with van der Waals surface area (Å²) in [5, 5.41) is 9.52. The molecule has 0 unspecified atom stereocenters. The number of benzene rings is 1. The molecule has 6 heteroatoms. The minimum Gasteiger partial charge on any atom is -0.335 e. The smallest absolute Gasteiger partial charge is 0.272 e. The molecule has 0 fully saturated rings. The molecule has 0 aliphatic carbocycles. The van der Waals surface area contributed by atoms with Gasteiger partial charge < -0.3 is 9.88 Å². The van der Waals surface area contributed by atoms with E-state index in [1.807, 2.05) is 45.2 Å². The van der Waals surface area contributed by atoms with Crippen LogP contribution in [0.2, 0.25) is 0 Å². The van der Waals surface area contributed by atoms with Gasteiger partial charge >= 0.3 is 0 Å². The number of anilines is 1. The van der Waals surface area contributed by atoms with Crippen molar-refractivity contribution in [2.75, 3.05) is 5.32 Å². The van der Waals surface area contributed by atoms with Gasteiger partial charge in [-0.25, -0.2) is 0 Å². The Balaban J connectivity index is 1.64. The Hall–Kier alpha value is -2.86. The Bertz CT molecular complexity index is 1100. The molecular weight excluding hydrogens is 356 g/mol. The van der Waals surface area contributed by atoms with Gasteiger partial charge in [-0.3, -0.25) is 9.48 Å². The van der Waals surface area contributed by atoms with Crippen LogP contribution in [0.15, 0.2) is 47.8 Å². The summed E-state index contributed by atoms with van der Waals surface area (Å²) in [5.41, 5.74) is 5.63. The van der Waals surface area contributed by atoms with Crippen molar-refractivity contribution in [1.82, 2.24) is 14.3 Å². The van der Waals surface area contributed by atoms with E-state index in [-0.39, 0.29) is 5.91 Å². The predicted octanol–water partition coefficient (Wildman–Crippen LogP) is 4.55. The molecule has 0 atom stereocenters. The van der Waals surface area contributed by atoms with Gasteiger partial charge in [0.25, 0.3) is 5.91 Å². The van der Waals surface area contributed by atoms with Gasteiger partial charge in [-0.2, -0.15) is 5.10 Å². The van der Waals surface area contributed by atoms with Crippen molar-refractivity contribution in [2.45, 2.75) is 26.8 Å². The van der Waals surface area contributed by atoms with E-state index in [1.54, 1.807) is 16.0 Å². The lowest BCUT2D eigenvalue weighted by Gasteiger charge is -2.11. The highest BCUT2D eigenvalue weighted by Gasteiger charge is 2.19. The molecule has 1 N–H and O–H groups in total. The number of carbonyl (C=O) groups excluding carboxylic acids is 1. The lowest BCUT2D eigenvalue weighted by molar-refractivity contribution is 0.101. The molecule has 0 saturated carbocycles. The topological polar surface area (TPSA) is 51.9 Å². The van der Waals surface area contributed by atoms with Crippen LogP contribution in [-0.4, -0.2) is 20.3 Å². The van der Waals surface area contributed by atoms with Crippen molar-refractivity contribution in [3.63, 3.8) is 0 Å². The minimum absolute atomic E-state index is 0.0920. The number of fused-ring (bicyclic) bond motifs is 1. The Kier molecular flexibility index (Phi) is 4.58. The number of hydrogen-bond acceptors (Lipinski definition) is 3. The maximum atomic E-state index is 13.1. The first-order valence-electron chi connectivity index (χ1n) is 8.97. The highest BCUT2D eigenvalue weighted by Crippen LogP contribution is 2.27. The molecule has 4 aromatic rings. The third kappa shape index (κ3) is 3.28. The average Bonchev–Trinajstić information content (AvgIpc) is 3.31. The second kappa shape index (κ2) is 7.04. The zero-order valence-electron chi connectivity index (χ0n) is 15.7. The standard InChI is InChI=1S/C21H22N4OS/c1-14-20(15(2)24(3)23-14)22-21(26)18-13-19-17(10-12-27-19)25(18)11-9-16-7-5-4-6-8-16/h4-8,10,12-13H,9,11H2,1-3H3,(H,22,26). The molecule has 0 aliphatic rings. The van der Waals surface area contributed by atoms with Gasteiger partial charge in [0, 0.05) is 13.6 Å². The van der Waals surface area contributed by atoms with E-state index >= 15 is 0 Å². The highest BCUT2D eigenvalue weighted by molar-refractivity contribution is 7.17. The SMILES string of the molecule is Cc1nn(C)c(C)c1NC(=O)c1cc2sccc2n1CCc1ccccc1. The maximum absolute atomic E-state index is 13.1. The van der Waals surface area contributed by atoms with Crippen LogP contribution in [0.5, 0.6) is 0 Å². The average molecular weight is 379 g/mol. The van der Waals surface area contributed by atoms with Gasteiger partial charge in [0.2, 0.25) is 0 Å². The summed E-state index contributed by atoms with van der Waals surface area (Å²) < 4.78 is 5.04. The van der Waals surface area contributed by atoms with Gasteiger partial charge in [-0.05, 0) is 43.3 Å². The zero-order valence-corrected chi connectivity index (χ0v) is 16.5. The summed E-state index contributed by atoms with van der Waals surface area (Å²) in [7, 11) is 1.89. The summed E-state index contributed by atoms with van der Waals surface area (Å²) in [6, 6.07) is 14.4. The summed E-state index contributed by atoms with van der Waals surface area (Å²) in [5.74, 6) is -0.0920. The minimum atomic E-state index is -0.0920. The van der Waals surface area contributed by atoms with Crippen molar-refractivity contribution in [1.29, 1.82) is 0 Å². The summed E-state index contributed by atoms with van der Waals surface area (Å²) in [6.45, 7) is 4.64. The van der Waals surface area contributed by atoms with Crippen LogP contribution in [0.1, 0.15) is 27.4 Å². The first-order valence-corrected chi connectivity index (χ1v) is 9.85. The predicted molar refractivity (Wildman–Crippen MR) is 111 cm³/mol. The number of aryl methyl sites for hydroxylation is 4. The molecule has 3 aromatic heterocycles. The second-order valence-electron chi connectivity index (χ2n) is 6.71. The molecule has 27 heavy (non-hydrogen) atoms. The number of aromatic nitrogens is 3. The van der Waals surface area contributed by atoms with Crippen molar-refractivity contribution >= 4 is 33.1 Å². The van der Waals surface area contributed by atoms with E-state index in [0.717, 1.165) is 40.3 Å². The van der Waals surface area contributed by atoms with E-state index in [2.05, 4.69) is 38.6 Å². The van der Waals surface area contributed by atoms with Crippen molar-refractivity contribution in [2.24, 2.45) is 7.05 Å². The number of nitrogens with zero attached hydrogens (tertiary/aromatic N) is 3. The Morgan fingerprint density at radius 3 is 2.67 bits per heavy atom. The third-order valence-corrected chi connectivity index (χ3v) is 5.82. The van der Waals surface area contributed by atoms with E-state index in [4.69, 9.17) is 0 Å². The molecule has 0 spiro atoms. The van der Waals surface area contributed by atoms with Crippen LogP contribution in [0.4, 0.5) is 5.69 Å². The quantitative estimate of drug-likeness (QED) is 0.554. The van der Waals surface area contributed by atoms with Gasteiger partial charge in [-0.15, -0.1) is 11.3 Å². The van der Waals surface area contributed by atoms with Crippen molar-refractivity contribution in [3.8, 4) is 0 Å². The summed E-state index contributed by atoms with van der Waals surface area (Å²) in [4.78, 5) is 13.1. The fraction of sp³-hybridized carbons (Fsp3) is 0.238. The van der Waals surface area contributed by atoms with Crippen LogP contribution < -0.4 is 5.32 Å². The number of rotatable bonds is 5. The molecule has 1 amide bonds. The van der Waals surface area contributed by atoms with E-state index in [0.29, 0.717) is 5.69 Å². The summed E-state index contributed by atoms with van der Waals surface area (Å²) >= 11 is 1.66. The normalized spacial score (nSPS) is 11.2. The second-order valence-corrected chi connectivity index (χ2v) is 7.66. The van der Waals surface area contributed by atoms with Crippen LogP contribution in [0, 0.1) is 13.8 Å². The fourth-order valence-corrected chi connectivity index (χ4v) is 4.25. The Morgan fingerprint density at radius 2 is 1.96 bits per heavy atom. The first kappa shape index (κ1) is 17.5. The van der Waals surface area contributed by atoms with Crippen LogP contribution >= 0.6 is 11.3 Å². The van der Waals surface area contributed by atoms with Gasteiger partial charge in [-0.1, -0.05) is 30.3 Å². The first-order chi connectivity index (χ1) is 13.0. The van der Waals surface area contributed by atoms with Crippen LogP contribution in [0.3, 0.4) is 0 Å². The molecule has 3 heterocycles. The Labute approximate surface area is 162 Å². The van der Waals surface area contributed by atoms with Gasteiger partial charge in [0.05, 0.1) is 27.3 Å². The highest BCUT2D eigenvalue weighted by atomic mass is 32.1.